The van der Waals surface area contributed by atoms with Crippen molar-refractivity contribution in [2.75, 3.05) is 0 Å². The van der Waals surface area contributed by atoms with Crippen LogP contribution < -0.4 is 56.8 Å². The van der Waals surface area contributed by atoms with Crippen LogP contribution in [0.3, 0.4) is 0 Å². The van der Waals surface area contributed by atoms with Crippen molar-refractivity contribution in [3.05, 3.63) is 29.6 Å². The fourth-order valence-corrected chi connectivity index (χ4v) is 1.15. The summed E-state index contributed by atoms with van der Waals surface area (Å²) < 4.78 is 111. The van der Waals surface area contributed by atoms with Gasteiger partial charge in [-0.3, -0.25) is 0 Å². The average molecular weight is 320 g/mol. The molecule has 0 amide bonds. The minimum atomic E-state index is -6.10. The molecule has 1 rings (SSSR count). The van der Waals surface area contributed by atoms with E-state index in [9.17, 15) is 39.3 Å². The maximum atomic E-state index is 12.8. The molecular formula is C8H3BF9K. The second-order valence-electron chi connectivity index (χ2n) is 3.42. The third-order valence-electron chi connectivity index (χ3n) is 2.02. The van der Waals surface area contributed by atoms with E-state index in [0.717, 1.165) is 0 Å². The Morgan fingerprint density at radius 1 is 0.842 bits per heavy atom. The Labute approximate surface area is 143 Å². The molecule has 0 aliphatic rings. The summed E-state index contributed by atoms with van der Waals surface area (Å²) >= 11 is 0. The monoisotopic (exact) mass is 320 g/mol. The fourth-order valence-electron chi connectivity index (χ4n) is 1.15. The first-order valence-electron chi connectivity index (χ1n) is 4.31. The van der Waals surface area contributed by atoms with Crippen molar-refractivity contribution in [2.45, 2.75) is 12.1 Å². The van der Waals surface area contributed by atoms with Crippen molar-refractivity contribution in [3.8, 4) is 0 Å². The van der Waals surface area contributed by atoms with Crippen LogP contribution in [0.15, 0.2) is 18.2 Å². The van der Waals surface area contributed by atoms with Crippen molar-refractivity contribution in [3.63, 3.8) is 0 Å². The third-order valence-corrected chi connectivity index (χ3v) is 2.02. The Balaban J connectivity index is 0.00000324. The molecule has 0 aromatic heterocycles. The van der Waals surface area contributed by atoms with Crippen LogP contribution in [0.5, 0.6) is 0 Å². The molecule has 11 heteroatoms. The molecule has 0 bridgehead atoms. The van der Waals surface area contributed by atoms with Gasteiger partial charge < -0.3 is 12.9 Å². The molecule has 0 saturated carbocycles. The van der Waals surface area contributed by atoms with Gasteiger partial charge in [0.15, 0.2) is 0 Å². The smallest absolute Gasteiger partial charge is 0.445 e. The Bertz CT molecular complexity index is 451. The summed E-state index contributed by atoms with van der Waals surface area (Å²) in [7, 11) is 0. The Morgan fingerprint density at radius 2 is 1.32 bits per heavy atom. The van der Waals surface area contributed by atoms with E-state index >= 15 is 0 Å². The molecule has 0 aliphatic heterocycles. The molecule has 0 saturated heterocycles. The van der Waals surface area contributed by atoms with E-state index in [-0.39, 0.29) is 63.5 Å². The van der Waals surface area contributed by atoms with E-state index in [1.54, 1.807) is 0 Å². The molecule has 19 heavy (non-hydrogen) atoms. The zero-order valence-corrected chi connectivity index (χ0v) is 12.3. The van der Waals surface area contributed by atoms with Gasteiger partial charge in [0.05, 0.1) is 0 Å². The van der Waals surface area contributed by atoms with Crippen LogP contribution in [-0.2, 0) is 5.92 Å². The van der Waals surface area contributed by atoms with E-state index in [0.29, 0.717) is 0 Å². The van der Waals surface area contributed by atoms with Gasteiger partial charge in [0, 0.05) is 5.56 Å². The van der Waals surface area contributed by atoms with Gasteiger partial charge in [0.1, 0.15) is 5.82 Å². The van der Waals surface area contributed by atoms with Gasteiger partial charge in [0.25, 0.3) is 0 Å². The number of rotatable bonds is 2. The number of hydrogen-bond acceptors (Lipinski definition) is 0. The summed E-state index contributed by atoms with van der Waals surface area (Å²) in [5.41, 5.74) is -3.93. The topological polar surface area (TPSA) is 0 Å². The molecule has 0 fully saturated rings. The minimum absolute atomic E-state index is 0. The first kappa shape index (κ1) is 19.3. The third kappa shape index (κ3) is 4.38. The van der Waals surface area contributed by atoms with Crippen molar-refractivity contribution in [2.24, 2.45) is 0 Å². The zero-order chi connectivity index (χ0) is 14.4. The number of hydrogen-bond donors (Lipinski definition) is 0. The summed E-state index contributed by atoms with van der Waals surface area (Å²) in [5.74, 6) is -7.36. The number of benzene rings is 1. The molecule has 0 N–H and O–H groups in total. The van der Waals surface area contributed by atoms with Crippen molar-refractivity contribution < 1.29 is 90.7 Å². The van der Waals surface area contributed by atoms with Crippen LogP contribution >= 0.6 is 0 Å². The molecule has 1 aromatic rings. The quantitative estimate of drug-likeness (QED) is 0.551. The van der Waals surface area contributed by atoms with Crippen LogP contribution in [0.4, 0.5) is 39.3 Å². The fraction of sp³-hybridized carbons (Fsp3) is 0.250. The average Bonchev–Trinajstić information content (AvgIpc) is 2.13. The standard InChI is InChI=1S/C8H3BF9.K/c10-6-2-4(7(11,12)8(13,14)15)1-5(3-6)9(16,17)18;/h1-3H;/q-1;+1. The van der Waals surface area contributed by atoms with E-state index in [2.05, 4.69) is 0 Å². The molecule has 0 aliphatic carbocycles. The minimum Gasteiger partial charge on any atom is -0.445 e. The maximum absolute atomic E-state index is 12.8. The molecule has 0 radical (unpaired) electrons. The Hall–Kier alpha value is 0.291. The predicted octanol–water partition coefficient (Wildman–Crippen LogP) is 0.538. The first-order chi connectivity index (χ1) is 7.85. The van der Waals surface area contributed by atoms with E-state index in [1.165, 1.54) is 0 Å². The first-order valence-corrected chi connectivity index (χ1v) is 4.31. The van der Waals surface area contributed by atoms with Gasteiger partial charge in [-0.1, -0.05) is 12.1 Å². The van der Waals surface area contributed by atoms with E-state index < -0.39 is 42.0 Å². The molecular weight excluding hydrogens is 317 g/mol. The van der Waals surface area contributed by atoms with Gasteiger partial charge in [-0.05, 0) is 6.07 Å². The van der Waals surface area contributed by atoms with E-state index in [1.807, 2.05) is 0 Å². The van der Waals surface area contributed by atoms with Crippen molar-refractivity contribution >= 4 is 12.4 Å². The van der Waals surface area contributed by atoms with Gasteiger partial charge in [-0.25, -0.2) is 4.39 Å². The molecule has 0 nitrogen and oxygen atoms in total. The molecule has 0 unspecified atom stereocenters. The van der Waals surface area contributed by atoms with Gasteiger partial charge in [-0.15, -0.1) is 5.46 Å². The molecule has 0 heterocycles. The second-order valence-corrected chi connectivity index (χ2v) is 3.42. The number of halogens is 9. The summed E-state index contributed by atoms with van der Waals surface area (Å²) in [4.78, 5) is 0. The zero-order valence-electron chi connectivity index (χ0n) is 9.21. The van der Waals surface area contributed by atoms with Gasteiger partial charge >= 0.3 is 70.5 Å². The summed E-state index contributed by atoms with van der Waals surface area (Å²) in [6.07, 6.45) is -6.10. The van der Waals surface area contributed by atoms with Crippen LogP contribution in [0.1, 0.15) is 5.56 Å². The largest absolute Gasteiger partial charge is 1.00 e. The Morgan fingerprint density at radius 3 is 1.68 bits per heavy atom. The molecule has 102 valence electrons. The maximum Gasteiger partial charge on any atom is 1.00 e. The van der Waals surface area contributed by atoms with Crippen molar-refractivity contribution in [1.82, 2.24) is 0 Å². The SMILES string of the molecule is Fc1cc([B-](F)(F)F)cc(C(F)(F)C(F)(F)F)c1.[K+]. The molecule has 1 aromatic carbocycles. The normalized spacial score (nSPS) is 13.1. The van der Waals surface area contributed by atoms with Gasteiger partial charge in [0.2, 0.25) is 0 Å². The van der Waals surface area contributed by atoms with E-state index in [4.69, 9.17) is 0 Å². The summed E-state index contributed by atoms with van der Waals surface area (Å²) in [6.45, 7) is -5.88. The second kappa shape index (κ2) is 5.96. The molecule has 0 spiro atoms. The summed E-state index contributed by atoms with van der Waals surface area (Å²) in [6, 6.07) is -0.828. The van der Waals surface area contributed by atoms with Crippen molar-refractivity contribution in [1.29, 1.82) is 0 Å². The number of alkyl halides is 5. The van der Waals surface area contributed by atoms with Crippen LogP contribution in [0.2, 0.25) is 0 Å². The Kier molecular flexibility index (Phi) is 6.05. The van der Waals surface area contributed by atoms with Crippen LogP contribution in [-0.4, -0.2) is 13.2 Å². The predicted molar refractivity (Wildman–Crippen MR) is 45.1 cm³/mol. The van der Waals surface area contributed by atoms with Gasteiger partial charge in [-0.2, -0.15) is 22.0 Å². The van der Waals surface area contributed by atoms with Crippen LogP contribution in [0, 0.1) is 5.82 Å². The summed E-state index contributed by atoms with van der Waals surface area (Å²) in [5, 5.41) is 0. The molecule has 0 atom stereocenters. The van der Waals surface area contributed by atoms with Crippen LogP contribution in [0.25, 0.3) is 0 Å².